The molecule has 1 aromatic carbocycles. The van der Waals surface area contributed by atoms with Gasteiger partial charge < -0.3 is 5.32 Å². The summed E-state index contributed by atoms with van der Waals surface area (Å²) in [7, 11) is 0. The second-order valence-corrected chi connectivity index (χ2v) is 3.76. The minimum Gasteiger partial charge on any atom is -0.351 e. The molecule has 0 aliphatic carbocycles. The zero-order chi connectivity index (χ0) is 12.1. The van der Waals surface area contributed by atoms with E-state index in [9.17, 15) is 4.79 Å². The number of halogens is 1. The van der Waals surface area contributed by atoms with Gasteiger partial charge in [0.05, 0.1) is 5.69 Å². The number of carbonyl (C=O) groups is 1. The molecule has 5 heteroatoms. The van der Waals surface area contributed by atoms with Gasteiger partial charge in [-0.3, -0.25) is 4.79 Å². The fourth-order valence-corrected chi connectivity index (χ4v) is 1.63. The van der Waals surface area contributed by atoms with Gasteiger partial charge in [-0.1, -0.05) is 18.2 Å². The molecular formula is C12H12ClN3O. The second-order valence-electron chi connectivity index (χ2n) is 3.49. The van der Waals surface area contributed by atoms with E-state index in [1.54, 1.807) is 10.9 Å². The minimum absolute atomic E-state index is 0.0239. The molecule has 1 N–H and O–H groups in total. The Balaban J connectivity index is 2.20. The molecule has 0 radical (unpaired) electrons. The molecule has 0 unspecified atom stereocenters. The average Bonchev–Trinajstić information content (AvgIpc) is 2.90. The molecule has 0 aliphatic heterocycles. The zero-order valence-corrected chi connectivity index (χ0v) is 9.89. The maximum atomic E-state index is 11.1. The smallest absolute Gasteiger partial charge is 0.235 e. The Morgan fingerprint density at radius 2 is 2.18 bits per heavy atom. The highest BCUT2D eigenvalue weighted by molar-refractivity contribution is 6.27. The van der Waals surface area contributed by atoms with E-state index in [0.717, 1.165) is 11.3 Å². The Bertz CT molecular complexity index is 496. The van der Waals surface area contributed by atoms with Crippen molar-refractivity contribution in [3.63, 3.8) is 0 Å². The van der Waals surface area contributed by atoms with E-state index in [4.69, 9.17) is 11.6 Å². The number of para-hydroxylation sites is 1. The Kier molecular flexibility index (Phi) is 3.77. The van der Waals surface area contributed by atoms with Crippen LogP contribution in [-0.4, -0.2) is 21.6 Å². The van der Waals surface area contributed by atoms with Crippen LogP contribution in [0.25, 0.3) is 5.69 Å². The number of hydrogen-bond acceptors (Lipinski definition) is 2. The van der Waals surface area contributed by atoms with Crippen LogP contribution < -0.4 is 5.32 Å². The monoisotopic (exact) mass is 249 g/mol. The molecule has 1 aromatic heterocycles. The average molecular weight is 250 g/mol. The molecule has 2 aromatic rings. The quantitative estimate of drug-likeness (QED) is 0.839. The molecule has 0 bridgehead atoms. The number of amides is 1. The third-order valence-electron chi connectivity index (χ3n) is 2.34. The fourth-order valence-electron chi connectivity index (χ4n) is 1.54. The Hall–Kier alpha value is -1.81. The highest BCUT2D eigenvalue weighted by atomic mass is 35.5. The van der Waals surface area contributed by atoms with Crippen LogP contribution in [0.15, 0.2) is 42.7 Å². The topological polar surface area (TPSA) is 46.9 Å². The first-order valence-electron chi connectivity index (χ1n) is 5.22. The van der Waals surface area contributed by atoms with Gasteiger partial charge in [0.15, 0.2) is 0 Å². The first-order chi connectivity index (χ1) is 8.31. The number of benzene rings is 1. The second kappa shape index (κ2) is 5.50. The lowest BCUT2D eigenvalue weighted by atomic mass is 10.2. The van der Waals surface area contributed by atoms with E-state index in [2.05, 4.69) is 10.4 Å². The summed E-state index contributed by atoms with van der Waals surface area (Å²) in [5.74, 6) is -0.203. The van der Waals surface area contributed by atoms with Crippen LogP contribution in [0.3, 0.4) is 0 Å². The Labute approximate surface area is 104 Å². The molecule has 1 amide bonds. The summed E-state index contributed by atoms with van der Waals surface area (Å²) < 4.78 is 1.77. The number of nitrogens with zero attached hydrogens (tertiary/aromatic N) is 2. The number of carbonyl (C=O) groups excluding carboxylic acids is 1. The molecule has 17 heavy (non-hydrogen) atoms. The number of alkyl halides is 1. The summed E-state index contributed by atoms with van der Waals surface area (Å²) in [6.45, 7) is 0.446. The molecule has 0 fully saturated rings. The van der Waals surface area contributed by atoms with Crippen LogP contribution in [0, 0.1) is 0 Å². The highest BCUT2D eigenvalue weighted by Gasteiger charge is 2.05. The van der Waals surface area contributed by atoms with Crippen molar-refractivity contribution in [1.29, 1.82) is 0 Å². The van der Waals surface area contributed by atoms with Gasteiger partial charge in [0.25, 0.3) is 0 Å². The first kappa shape index (κ1) is 11.7. The molecule has 88 valence electrons. The van der Waals surface area contributed by atoms with Gasteiger partial charge in [0.2, 0.25) is 5.91 Å². The molecule has 0 aliphatic rings. The summed E-state index contributed by atoms with van der Waals surface area (Å²) >= 11 is 5.43. The van der Waals surface area contributed by atoms with Crippen molar-refractivity contribution in [3.8, 4) is 5.69 Å². The molecule has 0 saturated heterocycles. The van der Waals surface area contributed by atoms with Gasteiger partial charge >= 0.3 is 0 Å². The highest BCUT2D eigenvalue weighted by Crippen LogP contribution is 2.12. The van der Waals surface area contributed by atoms with Crippen LogP contribution in [0.4, 0.5) is 0 Å². The maximum Gasteiger partial charge on any atom is 0.235 e. The molecule has 4 nitrogen and oxygen atoms in total. The third-order valence-corrected chi connectivity index (χ3v) is 2.58. The van der Waals surface area contributed by atoms with Gasteiger partial charge in [0, 0.05) is 18.9 Å². The molecular weight excluding hydrogens is 238 g/mol. The molecule has 2 rings (SSSR count). The molecule has 0 atom stereocenters. The number of aromatic nitrogens is 2. The van der Waals surface area contributed by atoms with E-state index in [0.29, 0.717) is 6.54 Å². The fraction of sp³-hybridized carbons (Fsp3) is 0.167. The van der Waals surface area contributed by atoms with Gasteiger partial charge in [-0.2, -0.15) is 5.10 Å². The molecule has 0 saturated carbocycles. The van der Waals surface area contributed by atoms with Crippen molar-refractivity contribution >= 4 is 17.5 Å². The summed E-state index contributed by atoms with van der Waals surface area (Å²) in [6.07, 6.45) is 3.58. The summed E-state index contributed by atoms with van der Waals surface area (Å²) in [5.41, 5.74) is 1.95. The number of nitrogens with one attached hydrogen (secondary N) is 1. The largest absolute Gasteiger partial charge is 0.351 e. The van der Waals surface area contributed by atoms with Crippen LogP contribution in [0.1, 0.15) is 5.56 Å². The van der Waals surface area contributed by atoms with Crippen molar-refractivity contribution in [3.05, 3.63) is 48.3 Å². The van der Waals surface area contributed by atoms with E-state index in [1.165, 1.54) is 0 Å². The lowest BCUT2D eigenvalue weighted by Crippen LogP contribution is -2.24. The lowest BCUT2D eigenvalue weighted by molar-refractivity contribution is -0.118. The van der Waals surface area contributed by atoms with E-state index < -0.39 is 0 Å². The van der Waals surface area contributed by atoms with Crippen LogP contribution in [0.5, 0.6) is 0 Å². The van der Waals surface area contributed by atoms with Crippen molar-refractivity contribution < 1.29 is 4.79 Å². The molecule has 0 spiro atoms. The summed E-state index contributed by atoms with van der Waals surface area (Å²) in [4.78, 5) is 11.1. The predicted octanol–water partition coefficient (Wildman–Crippen LogP) is 1.73. The molecule has 1 heterocycles. The van der Waals surface area contributed by atoms with Crippen molar-refractivity contribution in [2.24, 2.45) is 0 Å². The number of rotatable bonds is 4. The standard InChI is InChI=1S/C12H12ClN3O/c13-8-12(17)14-9-10-4-1-2-5-11(10)16-7-3-6-15-16/h1-7H,8-9H2,(H,14,17). The van der Waals surface area contributed by atoms with Crippen molar-refractivity contribution in [1.82, 2.24) is 15.1 Å². The van der Waals surface area contributed by atoms with E-state index >= 15 is 0 Å². The van der Waals surface area contributed by atoms with Crippen molar-refractivity contribution in [2.45, 2.75) is 6.54 Å². The van der Waals surface area contributed by atoms with Crippen LogP contribution >= 0.6 is 11.6 Å². The lowest BCUT2D eigenvalue weighted by Gasteiger charge is -2.09. The van der Waals surface area contributed by atoms with E-state index in [1.807, 2.05) is 36.5 Å². The normalized spacial score (nSPS) is 10.2. The van der Waals surface area contributed by atoms with Gasteiger partial charge in [0.1, 0.15) is 5.88 Å². The maximum absolute atomic E-state index is 11.1. The summed E-state index contributed by atoms with van der Waals surface area (Å²) in [5, 5.41) is 6.91. The van der Waals surface area contributed by atoms with Gasteiger partial charge in [-0.15, -0.1) is 11.6 Å². The van der Waals surface area contributed by atoms with Crippen LogP contribution in [0.2, 0.25) is 0 Å². The van der Waals surface area contributed by atoms with Crippen molar-refractivity contribution in [2.75, 3.05) is 5.88 Å². The number of hydrogen-bond donors (Lipinski definition) is 1. The SMILES string of the molecule is O=C(CCl)NCc1ccccc1-n1cccn1. The summed E-state index contributed by atoms with van der Waals surface area (Å²) in [6, 6.07) is 9.62. The third kappa shape index (κ3) is 2.85. The van der Waals surface area contributed by atoms with Gasteiger partial charge in [-0.25, -0.2) is 4.68 Å². The van der Waals surface area contributed by atoms with Crippen LogP contribution in [-0.2, 0) is 11.3 Å². The first-order valence-corrected chi connectivity index (χ1v) is 5.75. The minimum atomic E-state index is -0.179. The van der Waals surface area contributed by atoms with E-state index in [-0.39, 0.29) is 11.8 Å². The Morgan fingerprint density at radius 3 is 2.88 bits per heavy atom. The predicted molar refractivity (Wildman–Crippen MR) is 66.1 cm³/mol. The zero-order valence-electron chi connectivity index (χ0n) is 9.14. The Morgan fingerprint density at radius 1 is 1.35 bits per heavy atom. The van der Waals surface area contributed by atoms with Gasteiger partial charge in [-0.05, 0) is 17.7 Å².